The van der Waals surface area contributed by atoms with Crippen molar-refractivity contribution in [2.24, 2.45) is 0 Å². The number of benzene rings is 1. The maximum absolute atomic E-state index is 13.7. The average Bonchev–Trinajstić information content (AvgIpc) is 2.47. The summed E-state index contributed by atoms with van der Waals surface area (Å²) in [4.78, 5) is 23.3. The van der Waals surface area contributed by atoms with E-state index in [2.05, 4.69) is 5.32 Å². The number of amides is 1. The summed E-state index contributed by atoms with van der Waals surface area (Å²) in [6, 6.07) is 5.50. The standard InChI is InChI=1S/C16H20FNO4/c17-12-7-3-2-6-11(12)14(21)15(22)18-16(10-13(19)20)8-4-1-5-9-16/h2-3,6-7,14,21H,1,4-5,8-10H2,(H,18,22)(H,19,20). The summed E-state index contributed by atoms with van der Waals surface area (Å²) in [5.41, 5.74) is -0.964. The molecule has 0 aromatic heterocycles. The number of aliphatic hydroxyl groups excluding tert-OH is 1. The molecule has 120 valence electrons. The molecule has 1 saturated carbocycles. The number of rotatable bonds is 5. The molecular weight excluding hydrogens is 289 g/mol. The SMILES string of the molecule is O=C(O)CC1(NC(=O)C(O)c2ccccc2F)CCCCC1. The summed E-state index contributed by atoms with van der Waals surface area (Å²) in [6.07, 6.45) is 1.90. The highest BCUT2D eigenvalue weighted by molar-refractivity contribution is 5.83. The van der Waals surface area contributed by atoms with E-state index in [1.807, 2.05) is 0 Å². The Labute approximate surface area is 128 Å². The Morgan fingerprint density at radius 1 is 1.23 bits per heavy atom. The van der Waals surface area contributed by atoms with Gasteiger partial charge in [0.15, 0.2) is 6.10 Å². The zero-order chi connectivity index (χ0) is 16.2. The molecule has 0 aliphatic heterocycles. The number of carboxylic acid groups (broad SMARTS) is 1. The molecule has 1 amide bonds. The minimum atomic E-state index is -1.64. The highest BCUT2D eigenvalue weighted by Crippen LogP contribution is 2.32. The number of aliphatic hydroxyl groups is 1. The molecule has 22 heavy (non-hydrogen) atoms. The van der Waals surface area contributed by atoms with Crippen molar-refractivity contribution in [1.82, 2.24) is 5.32 Å². The van der Waals surface area contributed by atoms with E-state index in [0.29, 0.717) is 12.8 Å². The molecule has 6 heteroatoms. The fourth-order valence-corrected chi connectivity index (χ4v) is 3.03. The van der Waals surface area contributed by atoms with Gasteiger partial charge in [-0.25, -0.2) is 4.39 Å². The molecule has 1 aliphatic rings. The van der Waals surface area contributed by atoms with Crippen molar-refractivity contribution in [2.45, 2.75) is 50.2 Å². The molecule has 2 rings (SSSR count). The molecule has 0 spiro atoms. The van der Waals surface area contributed by atoms with Gasteiger partial charge in [0.05, 0.1) is 12.0 Å². The molecule has 3 N–H and O–H groups in total. The average molecular weight is 309 g/mol. The first kappa shape index (κ1) is 16.4. The van der Waals surface area contributed by atoms with E-state index in [-0.39, 0.29) is 12.0 Å². The molecule has 5 nitrogen and oxygen atoms in total. The predicted octanol–water partition coefficient (Wildman–Crippen LogP) is 2.15. The highest BCUT2D eigenvalue weighted by atomic mass is 19.1. The Bertz CT molecular complexity index is 555. The molecule has 0 saturated heterocycles. The van der Waals surface area contributed by atoms with Gasteiger partial charge in [-0.15, -0.1) is 0 Å². The predicted molar refractivity (Wildman–Crippen MR) is 77.6 cm³/mol. The van der Waals surface area contributed by atoms with E-state index in [4.69, 9.17) is 5.11 Å². The van der Waals surface area contributed by atoms with E-state index < -0.39 is 29.3 Å². The third-order valence-electron chi connectivity index (χ3n) is 4.14. The van der Waals surface area contributed by atoms with Gasteiger partial charge < -0.3 is 15.5 Å². The van der Waals surface area contributed by atoms with Crippen LogP contribution in [0, 0.1) is 5.82 Å². The van der Waals surface area contributed by atoms with E-state index in [1.54, 1.807) is 0 Å². The lowest BCUT2D eigenvalue weighted by Crippen LogP contribution is -2.52. The van der Waals surface area contributed by atoms with Crippen molar-refractivity contribution in [1.29, 1.82) is 0 Å². The van der Waals surface area contributed by atoms with Gasteiger partial charge in [-0.1, -0.05) is 37.5 Å². The van der Waals surface area contributed by atoms with Crippen LogP contribution in [-0.2, 0) is 9.59 Å². The first-order valence-electron chi connectivity index (χ1n) is 7.40. The van der Waals surface area contributed by atoms with Crippen molar-refractivity contribution in [3.8, 4) is 0 Å². The van der Waals surface area contributed by atoms with E-state index in [1.165, 1.54) is 24.3 Å². The Morgan fingerprint density at radius 2 is 1.86 bits per heavy atom. The monoisotopic (exact) mass is 309 g/mol. The third-order valence-corrected chi connectivity index (χ3v) is 4.14. The van der Waals surface area contributed by atoms with Crippen molar-refractivity contribution >= 4 is 11.9 Å². The number of carbonyl (C=O) groups excluding carboxylic acids is 1. The normalized spacial score (nSPS) is 18.5. The quantitative estimate of drug-likeness (QED) is 0.778. The van der Waals surface area contributed by atoms with Gasteiger partial charge in [0.25, 0.3) is 5.91 Å². The Hall–Kier alpha value is -1.95. The van der Waals surface area contributed by atoms with Crippen LogP contribution in [0.2, 0.25) is 0 Å². The van der Waals surface area contributed by atoms with Crippen LogP contribution in [0.4, 0.5) is 4.39 Å². The summed E-state index contributed by atoms with van der Waals surface area (Å²) < 4.78 is 13.7. The largest absolute Gasteiger partial charge is 0.481 e. The minimum Gasteiger partial charge on any atom is -0.481 e. The summed E-state index contributed by atoms with van der Waals surface area (Å²) >= 11 is 0. The van der Waals surface area contributed by atoms with Crippen LogP contribution in [0.5, 0.6) is 0 Å². The Morgan fingerprint density at radius 3 is 2.45 bits per heavy atom. The topological polar surface area (TPSA) is 86.6 Å². The number of nitrogens with one attached hydrogen (secondary N) is 1. The van der Waals surface area contributed by atoms with Gasteiger partial charge >= 0.3 is 5.97 Å². The lowest BCUT2D eigenvalue weighted by Gasteiger charge is -2.37. The first-order chi connectivity index (χ1) is 10.4. The molecule has 0 radical (unpaired) electrons. The molecule has 1 unspecified atom stereocenters. The first-order valence-corrected chi connectivity index (χ1v) is 7.40. The zero-order valence-corrected chi connectivity index (χ0v) is 12.2. The number of aliphatic carboxylic acids is 1. The summed E-state index contributed by atoms with van der Waals surface area (Å²) in [5.74, 6) is -2.42. The number of carboxylic acids is 1. The van der Waals surface area contributed by atoms with Crippen LogP contribution >= 0.6 is 0 Å². The van der Waals surface area contributed by atoms with Crippen molar-refractivity contribution < 1.29 is 24.2 Å². The summed E-state index contributed by atoms with van der Waals surface area (Å²) in [7, 11) is 0. The van der Waals surface area contributed by atoms with Crippen LogP contribution in [0.25, 0.3) is 0 Å². The lowest BCUT2D eigenvalue weighted by atomic mass is 9.79. The molecule has 1 aromatic carbocycles. The van der Waals surface area contributed by atoms with Crippen molar-refractivity contribution in [3.05, 3.63) is 35.6 Å². The molecule has 0 bridgehead atoms. The minimum absolute atomic E-state index is 0.110. The van der Waals surface area contributed by atoms with E-state index in [9.17, 15) is 19.1 Å². The molecule has 1 atom stereocenters. The molecule has 1 aliphatic carbocycles. The van der Waals surface area contributed by atoms with Crippen molar-refractivity contribution in [2.75, 3.05) is 0 Å². The van der Waals surface area contributed by atoms with Gasteiger partial charge in [0, 0.05) is 5.56 Å². The van der Waals surface area contributed by atoms with Crippen LogP contribution in [0.15, 0.2) is 24.3 Å². The number of hydrogen-bond donors (Lipinski definition) is 3. The van der Waals surface area contributed by atoms with Gasteiger partial charge in [-0.05, 0) is 18.9 Å². The maximum atomic E-state index is 13.7. The van der Waals surface area contributed by atoms with Crippen LogP contribution < -0.4 is 5.32 Å². The lowest BCUT2D eigenvalue weighted by molar-refractivity contribution is -0.140. The second-order valence-electron chi connectivity index (χ2n) is 5.82. The zero-order valence-electron chi connectivity index (χ0n) is 12.2. The van der Waals surface area contributed by atoms with Crippen LogP contribution in [-0.4, -0.2) is 27.6 Å². The molecule has 1 aromatic rings. The second-order valence-corrected chi connectivity index (χ2v) is 5.82. The summed E-state index contributed by atoms with van der Waals surface area (Å²) in [6.45, 7) is 0. The smallest absolute Gasteiger partial charge is 0.305 e. The number of carbonyl (C=O) groups is 2. The van der Waals surface area contributed by atoms with E-state index >= 15 is 0 Å². The Kier molecular flexibility index (Phi) is 5.13. The molecular formula is C16H20FNO4. The van der Waals surface area contributed by atoms with Gasteiger partial charge in [-0.3, -0.25) is 9.59 Å². The number of hydrogen-bond acceptors (Lipinski definition) is 3. The van der Waals surface area contributed by atoms with Crippen LogP contribution in [0.1, 0.15) is 50.2 Å². The second kappa shape index (κ2) is 6.87. The number of halogens is 1. The third kappa shape index (κ3) is 3.82. The van der Waals surface area contributed by atoms with Gasteiger partial charge in [0.1, 0.15) is 5.82 Å². The molecule has 1 fully saturated rings. The fourth-order valence-electron chi connectivity index (χ4n) is 3.03. The Balaban J connectivity index is 2.14. The van der Waals surface area contributed by atoms with Crippen molar-refractivity contribution in [3.63, 3.8) is 0 Å². The maximum Gasteiger partial charge on any atom is 0.305 e. The molecule has 0 heterocycles. The highest BCUT2D eigenvalue weighted by Gasteiger charge is 2.37. The fraction of sp³-hybridized carbons (Fsp3) is 0.500. The summed E-state index contributed by atoms with van der Waals surface area (Å²) in [5, 5.41) is 21.8. The van der Waals surface area contributed by atoms with Crippen LogP contribution in [0.3, 0.4) is 0 Å². The van der Waals surface area contributed by atoms with Gasteiger partial charge in [0.2, 0.25) is 0 Å². The van der Waals surface area contributed by atoms with E-state index in [0.717, 1.165) is 19.3 Å². The van der Waals surface area contributed by atoms with Gasteiger partial charge in [-0.2, -0.15) is 0 Å².